The Morgan fingerprint density at radius 3 is 2.53 bits per heavy atom. The minimum Gasteiger partial charge on any atom is -0.330 e. The molecule has 4 heteroatoms. The van der Waals surface area contributed by atoms with Crippen molar-refractivity contribution in [3.8, 4) is 0 Å². The van der Waals surface area contributed by atoms with Gasteiger partial charge in [-0.05, 0) is 53.2 Å². The molecule has 0 saturated heterocycles. The van der Waals surface area contributed by atoms with Crippen LogP contribution in [0.1, 0.15) is 59.2 Å². The summed E-state index contributed by atoms with van der Waals surface area (Å²) in [5, 5.41) is 0. The summed E-state index contributed by atoms with van der Waals surface area (Å²) < 4.78 is 2.22. The molecule has 1 heterocycles. The van der Waals surface area contributed by atoms with Crippen molar-refractivity contribution in [3.05, 3.63) is 18.2 Å². The third-order valence-electron chi connectivity index (χ3n) is 3.79. The molecule has 0 radical (unpaired) electrons. The maximum atomic E-state index is 6.19. The first-order valence-electron chi connectivity index (χ1n) is 7.43. The van der Waals surface area contributed by atoms with Crippen LogP contribution in [-0.2, 0) is 5.54 Å². The average Bonchev–Trinajstić information content (AvgIpc) is 2.83. The number of hydrogen-bond donors (Lipinski definition) is 1. The highest BCUT2D eigenvalue weighted by molar-refractivity contribution is 5.10. The van der Waals surface area contributed by atoms with Gasteiger partial charge < -0.3 is 15.2 Å². The first-order chi connectivity index (χ1) is 8.90. The summed E-state index contributed by atoms with van der Waals surface area (Å²) in [6.45, 7) is 14.2. The van der Waals surface area contributed by atoms with Crippen molar-refractivity contribution in [1.29, 1.82) is 0 Å². The Labute approximate surface area is 118 Å². The highest BCUT2D eigenvalue weighted by Crippen LogP contribution is 2.22. The fourth-order valence-corrected chi connectivity index (χ4v) is 2.44. The Balaban J connectivity index is 2.55. The zero-order chi connectivity index (χ0) is 14.5. The predicted molar refractivity (Wildman–Crippen MR) is 81.2 cm³/mol. The normalized spacial score (nSPS) is 14.1. The molecule has 1 rings (SSSR count). The van der Waals surface area contributed by atoms with E-state index in [1.54, 1.807) is 0 Å². The second-order valence-corrected chi connectivity index (χ2v) is 5.93. The van der Waals surface area contributed by atoms with Crippen molar-refractivity contribution >= 4 is 0 Å². The maximum Gasteiger partial charge on any atom is 0.0951 e. The van der Waals surface area contributed by atoms with Crippen molar-refractivity contribution in [2.75, 3.05) is 19.6 Å². The second-order valence-electron chi connectivity index (χ2n) is 5.93. The quantitative estimate of drug-likeness (QED) is 0.787. The summed E-state index contributed by atoms with van der Waals surface area (Å²) in [5.74, 6) is 0. The van der Waals surface area contributed by atoms with E-state index >= 15 is 0 Å². The van der Waals surface area contributed by atoms with Gasteiger partial charge in [0.1, 0.15) is 0 Å². The zero-order valence-electron chi connectivity index (χ0n) is 13.2. The van der Waals surface area contributed by atoms with Crippen LogP contribution in [0.2, 0.25) is 0 Å². The molecule has 1 unspecified atom stereocenters. The van der Waals surface area contributed by atoms with Crippen LogP contribution in [0, 0.1) is 0 Å². The molecule has 0 aliphatic carbocycles. The monoisotopic (exact) mass is 266 g/mol. The summed E-state index contributed by atoms with van der Waals surface area (Å²) in [6, 6.07) is 0.455. The molecule has 0 aliphatic heterocycles. The zero-order valence-corrected chi connectivity index (χ0v) is 13.2. The lowest BCUT2D eigenvalue weighted by Gasteiger charge is -2.25. The van der Waals surface area contributed by atoms with E-state index in [0.717, 1.165) is 25.2 Å². The van der Waals surface area contributed by atoms with Crippen molar-refractivity contribution in [3.63, 3.8) is 0 Å². The third kappa shape index (κ3) is 4.62. The lowest BCUT2D eigenvalue weighted by atomic mass is 10.0. The van der Waals surface area contributed by atoms with Crippen LogP contribution in [0.15, 0.2) is 12.5 Å². The van der Waals surface area contributed by atoms with Gasteiger partial charge in [0.25, 0.3) is 0 Å². The first-order valence-corrected chi connectivity index (χ1v) is 7.43. The smallest absolute Gasteiger partial charge is 0.0951 e. The van der Waals surface area contributed by atoms with Crippen molar-refractivity contribution in [2.45, 2.75) is 59.0 Å². The molecule has 4 nitrogen and oxygen atoms in total. The van der Waals surface area contributed by atoms with Crippen LogP contribution in [0.5, 0.6) is 0 Å². The van der Waals surface area contributed by atoms with Gasteiger partial charge in [0.05, 0.1) is 17.6 Å². The molecule has 0 amide bonds. The SMILES string of the molecule is CCN(CC)CCCC(C)n1cncc1C(C)(C)N. The van der Waals surface area contributed by atoms with E-state index < -0.39 is 0 Å². The van der Waals surface area contributed by atoms with Gasteiger partial charge in [-0.25, -0.2) is 4.98 Å². The molecule has 0 aromatic carbocycles. The Bertz CT molecular complexity index is 360. The molecule has 0 aliphatic rings. The Morgan fingerprint density at radius 2 is 2.00 bits per heavy atom. The molecule has 0 fully saturated rings. The molecule has 2 N–H and O–H groups in total. The van der Waals surface area contributed by atoms with Gasteiger partial charge >= 0.3 is 0 Å². The molecule has 19 heavy (non-hydrogen) atoms. The van der Waals surface area contributed by atoms with Gasteiger partial charge in [-0.15, -0.1) is 0 Å². The standard InChI is InChI=1S/C15H30N4/c1-6-18(7-2)10-8-9-13(3)19-12-17-11-14(19)15(4,5)16/h11-13H,6-10,16H2,1-5H3. The van der Waals surface area contributed by atoms with Crippen LogP contribution in [-0.4, -0.2) is 34.1 Å². The van der Waals surface area contributed by atoms with E-state index in [1.165, 1.54) is 13.0 Å². The van der Waals surface area contributed by atoms with Crippen LogP contribution in [0.25, 0.3) is 0 Å². The van der Waals surface area contributed by atoms with Gasteiger partial charge in [0.2, 0.25) is 0 Å². The minimum absolute atomic E-state index is 0.330. The summed E-state index contributed by atoms with van der Waals surface area (Å²) in [5.41, 5.74) is 6.97. The molecule has 0 saturated carbocycles. The molecule has 1 aromatic heterocycles. The Morgan fingerprint density at radius 1 is 1.37 bits per heavy atom. The minimum atomic E-state index is -0.330. The van der Waals surface area contributed by atoms with Gasteiger partial charge in [-0.2, -0.15) is 0 Å². The van der Waals surface area contributed by atoms with E-state index in [0.29, 0.717) is 6.04 Å². The van der Waals surface area contributed by atoms with E-state index in [1.807, 2.05) is 26.4 Å². The third-order valence-corrected chi connectivity index (χ3v) is 3.79. The van der Waals surface area contributed by atoms with Crippen molar-refractivity contribution in [2.24, 2.45) is 5.73 Å². The largest absolute Gasteiger partial charge is 0.330 e. The number of nitrogens with zero attached hydrogens (tertiary/aromatic N) is 3. The van der Waals surface area contributed by atoms with E-state index in [2.05, 4.69) is 35.2 Å². The Kier molecular flexibility index (Phi) is 6.01. The molecule has 1 atom stereocenters. The maximum absolute atomic E-state index is 6.19. The fourth-order valence-electron chi connectivity index (χ4n) is 2.44. The van der Waals surface area contributed by atoms with Crippen molar-refractivity contribution < 1.29 is 0 Å². The first kappa shape index (κ1) is 16.2. The number of rotatable bonds is 8. The topological polar surface area (TPSA) is 47.1 Å². The van der Waals surface area contributed by atoms with Crippen LogP contribution >= 0.6 is 0 Å². The Hall–Kier alpha value is -0.870. The average molecular weight is 266 g/mol. The lowest BCUT2D eigenvalue weighted by molar-refractivity contribution is 0.286. The second kappa shape index (κ2) is 7.06. The number of hydrogen-bond acceptors (Lipinski definition) is 3. The molecule has 0 spiro atoms. The van der Waals surface area contributed by atoms with Gasteiger partial charge in [-0.3, -0.25) is 0 Å². The number of imidazole rings is 1. The number of aromatic nitrogens is 2. The van der Waals surface area contributed by atoms with Crippen LogP contribution in [0.3, 0.4) is 0 Å². The molecular formula is C15H30N4. The summed E-state index contributed by atoms with van der Waals surface area (Å²) in [4.78, 5) is 6.72. The van der Waals surface area contributed by atoms with E-state index in [4.69, 9.17) is 5.73 Å². The summed E-state index contributed by atoms with van der Waals surface area (Å²) in [6.07, 6.45) is 6.17. The van der Waals surface area contributed by atoms with E-state index in [9.17, 15) is 0 Å². The highest BCUT2D eigenvalue weighted by atomic mass is 15.1. The molecular weight excluding hydrogens is 236 g/mol. The van der Waals surface area contributed by atoms with Crippen molar-refractivity contribution in [1.82, 2.24) is 14.5 Å². The van der Waals surface area contributed by atoms with Gasteiger partial charge in [-0.1, -0.05) is 13.8 Å². The molecule has 0 bridgehead atoms. The van der Waals surface area contributed by atoms with E-state index in [-0.39, 0.29) is 5.54 Å². The fraction of sp³-hybridized carbons (Fsp3) is 0.800. The molecule has 1 aromatic rings. The van der Waals surface area contributed by atoms with Gasteiger partial charge in [0, 0.05) is 12.2 Å². The van der Waals surface area contributed by atoms with Gasteiger partial charge in [0.15, 0.2) is 0 Å². The lowest BCUT2D eigenvalue weighted by Crippen LogP contribution is -2.32. The molecule has 110 valence electrons. The van der Waals surface area contributed by atoms with Crippen LogP contribution in [0.4, 0.5) is 0 Å². The number of nitrogens with two attached hydrogens (primary N) is 1. The summed E-state index contributed by atoms with van der Waals surface area (Å²) in [7, 11) is 0. The predicted octanol–water partition coefficient (Wildman–Crippen LogP) is 2.76. The highest BCUT2D eigenvalue weighted by Gasteiger charge is 2.21. The summed E-state index contributed by atoms with van der Waals surface area (Å²) >= 11 is 0. The van der Waals surface area contributed by atoms with Crippen LogP contribution < -0.4 is 5.73 Å².